The molecule has 0 aromatic rings. The van der Waals surface area contributed by atoms with Crippen molar-refractivity contribution in [2.75, 3.05) is 19.6 Å². The molecule has 106 valence electrons. The molecule has 1 N–H and O–H groups in total. The molecule has 2 aliphatic heterocycles. The topological polar surface area (TPSA) is 15.3 Å². The third kappa shape index (κ3) is 3.71. The van der Waals surface area contributed by atoms with Crippen molar-refractivity contribution >= 4 is 0 Å². The molecule has 0 radical (unpaired) electrons. The SMILES string of the molecule is CC(CC1CCCCN1)N1CCC(C(C)(C)C)C1. The molecule has 0 amide bonds. The molecule has 3 unspecified atom stereocenters. The van der Waals surface area contributed by atoms with Gasteiger partial charge < -0.3 is 10.2 Å². The standard InChI is InChI=1S/C16H32N2/c1-13(11-15-7-5-6-9-17-15)18-10-8-14(12-18)16(2,3)4/h13-15,17H,5-12H2,1-4H3. The summed E-state index contributed by atoms with van der Waals surface area (Å²) in [6.45, 7) is 13.5. The Morgan fingerprint density at radius 3 is 2.56 bits per heavy atom. The van der Waals surface area contributed by atoms with Gasteiger partial charge in [0.05, 0.1) is 0 Å². The van der Waals surface area contributed by atoms with Crippen LogP contribution in [0, 0.1) is 11.3 Å². The summed E-state index contributed by atoms with van der Waals surface area (Å²) >= 11 is 0. The number of rotatable bonds is 3. The fraction of sp³-hybridized carbons (Fsp3) is 1.00. The Bertz CT molecular complexity index is 250. The van der Waals surface area contributed by atoms with Gasteiger partial charge in [-0.2, -0.15) is 0 Å². The van der Waals surface area contributed by atoms with E-state index in [1.165, 1.54) is 51.7 Å². The van der Waals surface area contributed by atoms with Crippen LogP contribution in [-0.2, 0) is 0 Å². The molecule has 2 rings (SSSR count). The lowest BCUT2D eigenvalue weighted by atomic mass is 9.80. The van der Waals surface area contributed by atoms with Gasteiger partial charge >= 0.3 is 0 Å². The quantitative estimate of drug-likeness (QED) is 0.829. The van der Waals surface area contributed by atoms with Crippen molar-refractivity contribution in [2.24, 2.45) is 11.3 Å². The van der Waals surface area contributed by atoms with Gasteiger partial charge in [0.1, 0.15) is 0 Å². The first-order valence-electron chi connectivity index (χ1n) is 7.94. The van der Waals surface area contributed by atoms with Crippen LogP contribution in [0.25, 0.3) is 0 Å². The molecule has 2 fully saturated rings. The Kier molecular flexibility index (Phi) is 4.71. The summed E-state index contributed by atoms with van der Waals surface area (Å²) < 4.78 is 0. The van der Waals surface area contributed by atoms with Crippen LogP contribution in [0.5, 0.6) is 0 Å². The monoisotopic (exact) mass is 252 g/mol. The van der Waals surface area contributed by atoms with E-state index in [-0.39, 0.29) is 0 Å². The Hall–Kier alpha value is -0.0800. The van der Waals surface area contributed by atoms with Crippen LogP contribution < -0.4 is 5.32 Å². The van der Waals surface area contributed by atoms with Gasteiger partial charge in [0.25, 0.3) is 0 Å². The summed E-state index contributed by atoms with van der Waals surface area (Å²) in [5.74, 6) is 0.888. The number of hydrogen-bond donors (Lipinski definition) is 1. The first kappa shape index (κ1) is 14.3. The summed E-state index contributed by atoms with van der Waals surface area (Å²) in [5.41, 5.74) is 0.484. The first-order valence-corrected chi connectivity index (χ1v) is 7.94. The van der Waals surface area contributed by atoms with E-state index in [0.29, 0.717) is 5.41 Å². The maximum atomic E-state index is 3.69. The highest BCUT2D eigenvalue weighted by atomic mass is 15.2. The fourth-order valence-electron chi connectivity index (χ4n) is 3.58. The van der Waals surface area contributed by atoms with Crippen LogP contribution in [0.4, 0.5) is 0 Å². The molecule has 0 aromatic heterocycles. The van der Waals surface area contributed by atoms with Crippen LogP contribution in [0.1, 0.15) is 59.8 Å². The predicted octanol–water partition coefficient (Wildman–Crippen LogP) is 3.28. The molecule has 2 heteroatoms. The highest BCUT2D eigenvalue weighted by Gasteiger charge is 2.34. The summed E-state index contributed by atoms with van der Waals surface area (Å²) in [4.78, 5) is 2.73. The minimum Gasteiger partial charge on any atom is -0.314 e. The maximum absolute atomic E-state index is 3.69. The zero-order valence-electron chi connectivity index (χ0n) is 12.8. The molecular weight excluding hydrogens is 220 g/mol. The zero-order valence-corrected chi connectivity index (χ0v) is 12.8. The Balaban J connectivity index is 1.78. The molecule has 18 heavy (non-hydrogen) atoms. The number of nitrogens with zero attached hydrogens (tertiary/aromatic N) is 1. The van der Waals surface area contributed by atoms with E-state index in [1.54, 1.807) is 0 Å². The number of likely N-dealkylation sites (tertiary alicyclic amines) is 1. The van der Waals surface area contributed by atoms with Gasteiger partial charge in [-0.05, 0) is 57.0 Å². The lowest BCUT2D eigenvalue weighted by Crippen LogP contribution is -2.41. The van der Waals surface area contributed by atoms with Crippen LogP contribution in [0.3, 0.4) is 0 Å². The van der Waals surface area contributed by atoms with Crippen molar-refractivity contribution in [3.05, 3.63) is 0 Å². The van der Waals surface area contributed by atoms with Gasteiger partial charge in [-0.1, -0.05) is 27.2 Å². The van der Waals surface area contributed by atoms with Crippen LogP contribution in [-0.4, -0.2) is 36.6 Å². The Labute approximate surface area is 114 Å². The second-order valence-electron chi connectivity index (χ2n) is 7.58. The van der Waals surface area contributed by atoms with E-state index in [1.807, 2.05) is 0 Å². The second kappa shape index (κ2) is 5.92. The highest BCUT2D eigenvalue weighted by molar-refractivity contribution is 4.87. The van der Waals surface area contributed by atoms with Crippen molar-refractivity contribution in [3.8, 4) is 0 Å². The van der Waals surface area contributed by atoms with Crippen molar-refractivity contribution in [1.29, 1.82) is 0 Å². The lowest BCUT2D eigenvalue weighted by Gasteiger charge is -2.32. The minimum atomic E-state index is 0.484. The summed E-state index contributed by atoms with van der Waals surface area (Å²) in [7, 11) is 0. The van der Waals surface area contributed by atoms with Gasteiger partial charge in [0.2, 0.25) is 0 Å². The normalized spacial score (nSPS) is 32.7. The average molecular weight is 252 g/mol. The summed E-state index contributed by atoms with van der Waals surface area (Å²) in [5, 5.41) is 3.69. The highest BCUT2D eigenvalue weighted by Crippen LogP contribution is 2.34. The number of nitrogens with one attached hydrogen (secondary N) is 1. The van der Waals surface area contributed by atoms with Crippen molar-refractivity contribution in [3.63, 3.8) is 0 Å². The second-order valence-corrected chi connectivity index (χ2v) is 7.58. The molecule has 2 nitrogen and oxygen atoms in total. The smallest absolute Gasteiger partial charge is 0.00818 e. The fourth-order valence-corrected chi connectivity index (χ4v) is 3.58. The van der Waals surface area contributed by atoms with Gasteiger partial charge in [-0.25, -0.2) is 0 Å². The lowest BCUT2D eigenvalue weighted by molar-refractivity contribution is 0.182. The molecule has 0 aliphatic carbocycles. The van der Waals surface area contributed by atoms with Gasteiger partial charge in [0, 0.05) is 18.6 Å². The predicted molar refractivity (Wildman–Crippen MR) is 78.9 cm³/mol. The molecule has 0 aromatic carbocycles. The molecule has 0 bridgehead atoms. The number of hydrogen-bond acceptors (Lipinski definition) is 2. The Morgan fingerprint density at radius 1 is 1.22 bits per heavy atom. The third-order valence-corrected chi connectivity index (χ3v) is 5.11. The maximum Gasteiger partial charge on any atom is 0.00818 e. The van der Waals surface area contributed by atoms with Crippen molar-refractivity contribution in [1.82, 2.24) is 10.2 Å². The first-order chi connectivity index (χ1) is 8.47. The van der Waals surface area contributed by atoms with E-state index < -0.39 is 0 Å². The molecule has 2 aliphatic rings. The number of piperidine rings is 1. The summed E-state index contributed by atoms with van der Waals surface area (Å²) in [6, 6.07) is 1.54. The largest absolute Gasteiger partial charge is 0.314 e. The van der Waals surface area contributed by atoms with Gasteiger partial charge in [-0.15, -0.1) is 0 Å². The van der Waals surface area contributed by atoms with Crippen molar-refractivity contribution < 1.29 is 0 Å². The Morgan fingerprint density at radius 2 is 2.00 bits per heavy atom. The average Bonchev–Trinajstić information content (AvgIpc) is 2.79. The van der Waals surface area contributed by atoms with E-state index in [4.69, 9.17) is 0 Å². The third-order valence-electron chi connectivity index (χ3n) is 5.11. The van der Waals surface area contributed by atoms with Crippen LogP contribution >= 0.6 is 0 Å². The summed E-state index contributed by atoms with van der Waals surface area (Å²) in [6.07, 6.45) is 6.93. The van der Waals surface area contributed by atoms with Crippen LogP contribution in [0.2, 0.25) is 0 Å². The van der Waals surface area contributed by atoms with E-state index >= 15 is 0 Å². The molecular formula is C16H32N2. The van der Waals surface area contributed by atoms with Crippen molar-refractivity contribution in [2.45, 2.75) is 71.9 Å². The minimum absolute atomic E-state index is 0.484. The molecule has 2 saturated heterocycles. The molecule has 3 atom stereocenters. The van der Waals surface area contributed by atoms with E-state index in [0.717, 1.165) is 18.0 Å². The van der Waals surface area contributed by atoms with Gasteiger partial charge in [0.15, 0.2) is 0 Å². The molecule has 2 heterocycles. The van der Waals surface area contributed by atoms with Crippen LogP contribution in [0.15, 0.2) is 0 Å². The molecule has 0 spiro atoms. The van der Waals surface area contributed by atoms with Gasteiger partial charge in [-0.3, -0.25) is 0 Å². The zero-order chi connectivity index (χ0) is 13.2. The van der Waals surface area contributed by atoms with E-state index in [9.17, 15) is 0 Å². The molecule has 0 saturated carbocycles. The van der Waals surface area contributed by atoms with E-state index in [2.05, 4.69) is 37.9 Å².